The predicted molar refractivity (Wildman–Crippen MR) is 228 cm³/mol. The molecular formula is C36H42FN8O15PS3. The summed E-state index contributed by atoms with van der Waals surface area (Å²) in [5.74, 6) is -2.16. The number of halogens is 1. The number of aliphatic carboxylic acids is 1. The zero-order valence-electron chi connectivity index (χ0n) is 34.6. The molecule has 0 saturated heterocycles. The van der Waals surface area contributed by atoms with Crippen LogP contribution in [0.5, 0.6) is 11.8 Å². The molecule has 23 nitrogen and oxygen atoms in total. The number of rotatable bonds is 11. The van der Waals surface area contributed by atoms with Gasteiger partial charge in [-0.1, -0.05) is 5.92 Å². The molecule has 2 aliphatic heterocycles. The molecule has 64 heavy (non-hydrogen) atoms. The van der Waals surface area contributed by atoms with Gasteiger partial charge in [0.05, 0.1) is 56.6 Å². The number of nitrogens with one attached hydrogen (secondary N) is 3. The van der Waals surface area contributed by atoms with Crippen LogP contribution in [0, 0.1) is 25.1 Å². The van der Waals surface area contributed by atoms with Crippen LogP contribution in [0.4, 0.5) is 26.5 Å². The van der Waals surface area contributed by atoms with Crippen LogP contribution in [0.3, 0.4) is 0 Å². The van der Waals surface area contributed by atoms with Crippen molar-refractivity contribution < 1.29 is 75.6 Å². The maximum Gasteiger partial charge on any atom is 0.347 e. The Hall–Kier alpha value is -6.01. The summed E-state index contributed by atoms with van der Waals surface area (Å²) < 4.78 is 60.6. The van der Waals surface area contributed by atoms with E-state index in [9.17, 15) is 51.0 Å². The van der Waals surface area contributed by atoms with Crippen LogP contribution in [0.15, 0.2) is 39.6 Å². The second-order valence-corrected chi connectivity index (χ2v) is 20.0. The van der Waals surface area contributed by atoms with E-state index in [4.69, 9.17) is 31.0 Å². The van der Waals surface area contributed by atoms with E-state index in [1.165, 1.54) is 30.4 Å². The number of carboxylic acids is 2. The molecule has 2 aromatic heterocycles. The van der Waals surface area contributed by atoms with Crippen molar-refractivity contribution in [1.82, 2.24) is 25.0 Å². The number of carbonyl (C=O) groups is 6. The molecule has 0 saturated carbocycles. The van der Waals surface area contributed by atoms with Gasteiger partial charge >= 0.3 is 24.0 Å². The highest BCUT2D eigenvalue weighted by Gasteiger charge is 2.42. The quantitative estimate of drug-likeness (QED) is 0.0677. The Morgan fingerprint density at radius 2 is 1.69 bits per heavy atom. The van der Waals surface area contributed by atoms with Gasteiger partial charge in [0.1, 0.15) is 28.9 Å². The Morgan fingerprint density at radius 1 is 1.08 bits per heavy atom. The van der Waals surface area contributed by atoms with Gasteiger partial charge in [-0.15, -0.1) is 17.8 Å². The normalized spacial score (nSPS) is 15.0. The molecule has 5 amide bonds. The fourth-order valence-corrected chi connectivity index (χ4v) is 8.05. The summed E-state index contributed by atoms with van der Waals surface area (Å²) in [5.41, 5.74) is 0.992. The number of carbonyl (C=O) groups excluding carboxylic acids is 4. The van der Waals surface area contributed by atoms with Crippen LogP contribution in [0.2, 0.25) is 0 Å². The molecule has 3 aliphatic rings. The lowest BCUT2D eigenvalue weighted by molar-refractivity contribution is -0.193. The minimum atomic E-state index is -4.37. The maximum atomic E-state index is 14.7. The maximum absolute atomic E-state index is 14.7. The smallest absolute Gasteiger partial charge is 0.347 e. The number of fused-ring (bicyclic) bond motifs is 1. The first-order chi connectivity index (χ1) is 29.9. The summed E-state index contributed by atoms with van der Waals surface area (Å²) in [6, 6.07) is 2.22. The largest absolute Gasteiger partial charge is 0.778 e. The number of benzene rings is 1. The predicted octanol–water partition coefficient (Wildman–Crippen LogP) is 1.04. The molecule has 0 fully saturated rings. The van der Waals surface area contributed by atoms with Crippen molar-refractivity contribution in [3.63, 3.8) is 0 Å². The first-order valence-electron chi connectivity index (χ1n) is 18.1. The van der Waals surface area contributed by atoms with Crippen molar-refractivity contribution in [3.05, 3.63) is 51.2 Å². The van der Waals surface area contributed by atoms with E-state index in [1.807, 2.05) is 5.32 Å². The van der Waals surface area contributed by atoms with Gasteiger partial charge in [0.25, 0.3) is 27.7 Å². The molecule has 28 heteroatoms. The van der Waals surface area contributed by atoms with Crippen molar-refractivity contribution in [1.29, 1.82) is 0 Å². The van der Waals surface area contributed by atoms with Gasteiger partial charge < -0.3 is 34.0 Å². The van der Waals surface area contributed by atoms with Crippen molar-refractivity contribution in [2.75, 3.05) is 67.0 Å². The van der Waals surface area contributed by atoms with Gasteiger partial charge in [0.15, 0.2) is 12.4 Å². The molecule has 1 aliphatic carbocycles. The summed E-state index contributed by atoms with van der Waals surface area (Å²) in [4.78, 5) is 101. The molecule has 3 aromatic rings. The summed E-state index contributed by atoms with van der Waals surface area (Å²) >= 11 is 0.723. The SMILES string of the molecule is C#CCN1C(=O)COc2cc(F)c(N3C(=O)C4=C(CCCC4)C3=O)cc21.COc1nc(C)nc(NC(=O)NS(=O)(=O)c2ccsc2C(=O)O)n1.C[S+](C)C.O=C(O)CNCP(=O)([O-])O. The topological polar surface area (TPSA) is 337 Å². The molecular weight excluding hydrogens is 931 g/mol. The highest BCUT2D eigenvalue weighted by atomic mass is 32.2. The number of sulfonamides is 1. The fourth-order valence-electron chi connectivity index (χ4n) is 5.48. The van der Waals surface area contributed by atoms with E-state index >= 15 is 0 Å². The number of methoxy groups -OCH3 is 1. The van der Waals surface area contributed by atoms with E-state index in [0.29, 0.717) is 34.9 Å². The van der Waals surface area contributed by atoms with Crippen LogP contribution in [0.1, 0.15) is 41.2 Å². The standard InChI is InChI=1S/C19H15FN2O4.C11H11N5O6S2.C3H8NO5P.C3H9S/c1-2-7-21-15-9-14(13(20)8-16(15)26-10-17(21)23)22-18(24)11-5-3-4-6-12(11)19(22)25;1-5-12-9(15-11(13-5)22-2)14-10(19)16-24(20,21)6-3-4-23-7(6)8(17)18;5-3(6)1-4-2-10(7,8)9;1-4(2)3/h1,8-9H,3-7,10H2;3-4H,1-2H3,(H,17,18)(H2,12,13,14,15,16,19);4H,1-2H2,(H,5,6)(H2,7,8,9);1-3H3/q;;;+1/p-1. The number of anilines is 3. The second kappa shape index (κ2) is 23.1. The summed E-state index contributed by atoms with van der Waals surface area (Å²) in [6.45, 7) is 0.781. The number of ether oxygens (including phenoxy) is 2. The van der Waals surface area contributed by atoms with E-state index in [0.717, 1.165) is 41.2 Å². The third-order valence-corrected chi connectivity index (χ3v) is 10.9. The van der Waals surface area contributed by atoms with Crippen molar-refractivity contribution in [2.24, 2.45) is 0 Å². The average molecular weight is 973 g/mol. The molecule has 0 spiro atoms. The number of imide groups is 1. The summed E-state index contributed by atoms with van der Waals surface area (Å²) in [7, 11) is -6.77. The zero-order valence-corrected chi connectivity index (χ0v) is 37.9. The highest BCUT2D eigenvalue weighted by Crippen LogP contribution is 2.41. The van der Waals surface area contributed by atoms with E-state index < -0.39 is 75.8 Å². The Kier molecular flexibility index (Phi) is 18.9. The zero-order chi connectivity index (χ0) is 48.1. The lowest BCUT2D eigenvalue weighted by atomic mass is 9.93. The Balaban J connectivity index is 0.000000265. The molecule has 346 valence electrons. The molecule has 1 aromatic carbocycles. The number of aryl methyl sites for hydroxylation is 1. The van der Waals surface area contributed by atoms with Crippen LogP contribution >= 0.6 is 18.9 Å². The van der Waals surface area contributed by atoms with Crippen LogP contribution in [-0.2, 0) is 44.7 Å². The first kappa shape index (κ1) is 52.3. The van der Waals surface area contributed by atoms with E-state index in [1.54, 1.807) is 4.72 Å². The van der Waals surface area contributed by atoms with Gasteiger partial charge in [-0.2, -0.15) is 15.0 Å². The van der Waals surface area contributed by atoms with Gasteiger partial charge in [0.2, 0.25) is 5.95 Å². The van der Waals surface area contributed by atoms with Crippen LogP contribution in [0.25, 0.3) is 0 Å². The number of urea groups is 1. The molecule has 6 rings (SSSR count). The van der Waals surface area contributed by atoms with Gasteiger partial charge in [-0.05, 0) is 61.0 Å². The Labute approximate surface area is 372 Å². The molecule has 1 atom stereocenters. The molecule has 4 heterocycles. The van der Waals surface area contributed by atoms with Crippen molar-refractivity contribution in [2.45, 2.75) is 37.5 Å². The number of nitrogens with zero attached hydrogens (tertiary/aromatic N) is 5. The third-order valence-electron chi connectivity index (χ3n) is 7.91. The third kappa shape index (κ3) is 14.8. The van der Waals surface area contributed by atoms with Crippen molar-refractivity contribution in [3.8, 4) is 24.1 Å². The van der Waals surface area contributed by atoms with E-state index in [2.05, 4.69) is 45.0 Å². The number of aromatic carboxylic acids is 1. The number of hydrogen-bond acceptors (Lipinski definition) is 17. The number of thiophene rings is 1. The van der Waals surface area contributed by atoms with Gasteiger partial charge in [0, 0.05) is 17.2 Å². The number of aromatic nitrogens is 3. The average Bonchev–Trinajstić information content (AvgIpc) is 3.79. The van der Waals surface area contributed by atoms with E-state index in [-0.39, 0.29) is 54.0 Å². The lowest BCUT2D eigenvalue weighted by Gasteiger charge is -2.29. The van der Waals surface area contributed by atoms with Gasteiger partial charge in [-0.25, -0.2) is 32.0 Å². The van der Waals surface area contributed by atoms with Crippen molar-refractivity contribution >= 4 is 92.9 Å². The number of carboxylic acid groups (broad SMARTS) is 2. The Morgan fingerprint density at radius 3 is 2.22 bits per heavy atom. The molecule has 6 N–H and O–H groups in total. The molecule has 0 radical (unpaired) electrons. The number of terminal acetylenes is 1. The van der Waals surface area contributed by atoms with Crippen LogP contribution < -0.4 is 39.5 Å². The molecule has 1 unspecified atom stereocenters. The van der Waals surface area contributed by atoms with Crippen LogP contribution in [-0.4, -0.2) is 126 Å². The van der Waals surface area contributed by atoms with Gasteiger partial charge in [-0.3, -0.25) is 34.7 Å². The fraction of sp³-hybridized carbons (Fsp3) is 0.361. The summed E-state index contributed by atoms with van der Waals surface area (Å²) in [6.07, 6.45) is 13.9. The Bertz CT molecular complexity index is 2490. The minimum Gasteiger partial charge on any atom is -0.778 e. The number of hydrogen-bond donors (Lipinski definition) is 6. The minimum absolute atomic E-state index is 0.0170. The molecule has 0 bridgehead atoms. The summed E-state index contributed by atoms with van der Waals surface area (Å²) in [5, 5.41) is 22.3. The highest BCUT2D eigenvalue weighted by molar-refractivity contribution is 7.94. The second-order valence-electron chi connectivity index (χ2n) is 13.4. The first-order valence-corrected chi connectivity index (χ1v) is 24.6. The number of amides is 5. The lowest BCUT2D eigenvalue weighted by Crippen LogP contribution is -2.39. The monoisotopic (exact) mass is 972 g/mol.